The second-order valence-corrected chi connectivity index (χ2v) is 4.61. The van der Waals surface area contributed by atoms with E-state index in [0.29, 0.717) is 17.9 Å². The number of thiocarbonyl (C=S) groups is 1. The zero-order valence-corrected chi connectivity index (χ0v) is 12.1. The summed E-state index contributed by atoms with van der Waals surface area (Å²) < 4.78 is 14.6. The minimum Gasteiger partial charge on any atom is -0.364 e. The lowest BCUT2D eigenvalue weighted by Crippen LogP contribution is -2.21. The number of rotatable bonds is 4. The quantitative estimate of drug-likeness (QED) is 0.752. The molecule has 0 bridgehead atoms. The van der Waals surface area contributed by atoms with Crippen LogP contribution in [-0.2, 0) is 6.54 Å². The molecule has 1 aromatic carbocycles. The van der Waals surface area contributed by atoms with E-state index in [-0.39, 0.29) is 16.6 Å². The first-order chi connectivity index (χ1) is 9.99. The van der Waals surface area contributed by atoms with Crippen molar-refractivity contribution >= 4 is 34.6 Å². The number of hydrogen-bond donors (Lipinski definition) is 3. The number of aromatic nitrogens is 2. The van der Waals surface area contributed by atoms with Crippen LogP contribution in [0.15, 0.2) is 30.5 Å². The molecule has 2 rings (SSSR count). The van der Waals surface area contributed by atoms with E-state index in [1.54, 1.807) is 23.0 Å². The maximum Gasteiger partial charge on any atom is 0.271 e. The van der Waals surface area contributed by atoms with Gasteiger partial charge in [-0.1, -0.05) is 6.07 Å². The number of nitrogens with one attached hydrogen (secondary N) is 2. The molecule has 0 aliphatic carbocycles. The largest absolute Gasteiger partial charge is 0.364 e. The second-order valence-electron chi connectivity index (χ2n) is 4.20. The van der Waals surface area contributed by atoms with Gasteiger partial charge in [0.25, 0.3) is 5.91 Å². The Bertz CT molecular complexity index is 685. The molecule has 21 heavy (non-hydrogen) atoms. The van der Waals surface area contributed by atoms with Gasteiger partial charge in [0.05, 0.1) is 5.69 Å². The molecule has 0 saturated heterocycles. The Balaban J connectivity index is 2.12. The standard InChI is InChI=1S/C13H14FN5OS/c1-2-19-7-10(11(18-19)12(15)20)17-13(21)16-9-5-3-4-8(14)6-9/h3-7H,2H2,1H3,(H2,15,20)(H2,16,17,21). The number of amides is 1. The van der Waals surface area contributed by atoms with Crippen molar-refractivity contribution in [1.29, 1.82) is 0 Å². The van der Waals surface area contributed by atoms with Gasteiger partial charge >= 0.3 is 0 Å². The van der Waals surface area contributed by atoms with Gasteiger partial charge in [-0.2, -0.15) is 5.10 Å². The molecule has 4 N–H and O–H groups in total. The number of carbonyl (C=O) groups excluding carboxylic acids is 1. The summed E-state index contributed by atoms with van der Waals surface area (Å²) in [6, 6.07) is 5.86. The first-order valence-corrected chi connectivity index (χ1v) is 6.61. The Morgan fingerprint density at radius 1 is 1.48 bits per heavy atom. The molecule has 0 aliphatic rings. The number of anilines is 2. The maximum absolute atomic E-state index is 13.1. The summed E-state index contributed by atoms with van der Waals surface area (Å²) in [4.78, 5) is 11.3. The maximum atomic E-state index is 13.1. The van der Waals surface area contributed by atoms with Gasteiger partial charge in [0, 0.05) is 18.4 Å². The van der Waals surface area contributed by atoms with Crippen molar-refractivity contribution in [3.8, 4) is 0 Å². The van der Waals surface area contributed by atoms with E-state index >= 15 is 0 Å². The number of halogens is 1. The lowest BCUT2D eigenvalue weighted by molar-refractivity contribution is 0.0995. The Kier molecular flexibility index (Phi) is 4.49. The summed E-state index contributed by atoms with van der Waals surface area (Å²) in [6.45, 7) is 2.47. The summed E-state index contributed by atoms with van der Waals surface area (Å²) in [5, 5.41) is 9.89. The number of carbonyl (C=O) groups is 1. The predicted molar refractivity (Wildman–Crippen MR) is 82.7 cm³/mol. The molecule has 0 fully saturated rings. The zero-order valence-electron chi connectivity index (χ0n) is 11.3. The fourth-order valence-corrected chi connectivity index (χ4v) is 1.94. The van der Waals surface area contributed by atoms with Gasteiger partial charge in [-0.15, -0.1) is 0 Å². The Hall–Kier alpha value is -2.48. The van der Waals surface area contributed by atoms with Gasteiger partial charge in [0.1, 0.15) is 5.82 Å². The molecular formula is C13H14FN5OS. The van der Waals surface area contributed by atoms with Gasteiger partial charge < -0.3 is 16.4 Å². The number of benzene rings is 1. The van der Waals surface area contributed by atoms with Crippen LogP contribution in [0, 0.1) is 5.82 Å². The highest BCUT2D eigenvalue weighted by atomic mass is 32.1. The van der Waals surface area contributed by atoms with Gasteiger partial charge in [-0.05, 0) is 37.3 Å². The molecular weight excluding hydrogens is 293 g/mol. The van der Waals surface area contributed by atoms with Crippen molar-refractivity contribution in [2.45, 2.75) is 13.5 Å². The lowest BCUT2D eigenvalue weighted by atomic mass is 10.3. The fraction of sp³-hybridized carbons (Fsp3) is 0.154. The molecule has 8 heteroatoms. The molecule has 1 heterocycles. The van der Waals surface area contributed by atoms with E-state index in [1.807, 2.05) is 6.92 Å². The van der Waals surface area contributed by atoms with Crippen molar-refractivity contribution < 1.29 is 9.18 Å². The van der Waals surface area contributed by atoms with E-state index in [4.69, 9.17) is 18.0 Å². The SMILES string of the molecule is CCn1cc(NC(=S)Nc2cccc(F)c2)c(C(N)=O)n1. The van der Waals surface area contributed by atoms with Gasteiger partial charge in [-0.3, -0.25) is 9.48 Å². The highest BCUT2D eigenvalue weighted by molar-refractivity contribution is 7.80. The van der Waals surface area contributed by atoms with E-state index in [2.05, 4.69) is 15.7 Å². The Morgan fingerprint density at radius 3 is 2.86 bits per heavy atom. The van der Waals surface area contributed by atoms with Crippen LogP contribution in [-0.4, -0.2) is 20.8 Å². The summed E-state index contributed by atoms with van der Waals surface area (Å²) in [6.07, 6.45) is 1.62. The van der Waals surface area contributed by atoms with Crippen LogP contribution >= 0.6 is 12.2 Å². The number of nitrogens with two attached hydrogens (primary N) is 1. The van der Waals surface area contributed by atoms with Crippen LogP contribution in [0.3, 0.4) is 0 Å². The van der Waals surface area contributed by atoms with E-state index in [0.717, 1.165) is 0 Å². The monoisotopic (exact) mass is 307 g/mol. The second kappa shape index (κ2) is 6.31. The molecule has 0 spiro atoms. The zero-order chi connectivity index (χ0) is 15.4. The number of primary amides is 1. The van der Waals surface area contributed by atoms with Crippen LogP contribution in [0.5, 0.6) is 0 Å². The molecule has 0 saturated carbocycles. The average molecular weight is 307 g/mol. The van der Waals surface area contributed by atoms with Crippen molar-refractivity contribution in [2.24, 2.45) is 5.73 Å². The third kappa shape index (κ3) is 3.76. The van der Waals surface area contributed by atoms with Crippen LogP contribution in [0.25, 0.3) is 0 Å². The molecule has 1 amide bonds. The molecule has 0 atom stereocenters. The summed E-state index contributed by atoms with van der Waals surface area (Å²) in [5.74, 6) is -1.03. The van der Waals surface area contributed by atoms with Crippen molar-refractivity contribution in [1.82, 2.24) is 9.78 Å². The van der Waals surface area contributed by atoms with E-state index in [9.17, 15) is 9.18 Å². The van der Waals surface area contributed by atoms with E-state index < -0.39 is 5.91 Å². The van der Waals surface area contributed by atoms with E-state index in [1.165, 1.54) is 12.1 Å². The summed E-state index contributed by atoms with van der Waals surface area (Å²) in [7, 11) is 0. The lowest BCUT2D eigenvalue weighted by Gasteiger charge is -2.09. The van der Waals surface area contributed by atoms with Gasteiger partial charge in [0.2, 0.25) is 0 Å². The number of aryl methyl sites for hydroxylation is 1. The highest BCUT2D eigenvalue weighted by Crippen LogP contribution is 2.15. The van der Waals surface area contributed by atoms with Crippen LogP contribution in [0.2, 0.25) is 0 Å². The van der Waals surface area contributed by atoms with Crippen molar-refractivity contribution in [2.75, 3.05) is 10.6 Å². The van der Waals surface area contributed by atoms with Crippen LogP contribution in [0.1, 0.15) is 17.4 Å². The number of nitrogens with zero attached hydrogens (tertiary/aromatic N) is 2. The Morgan fingerprint density at radius 2 is 2.24 bits per heavy atom. The van der Waals surface area contributed by atoms with Crippen molar-refractivity contribution in [3.63, 3.8) is 0 Å². The van der Waals surface area contributed by atoms with Crippen LogP contribution < -0.4 is 16.4 Å². The first-order valence-electron chi connectivity index (χ1n) is 6.20. The molecule has 6 nitrogen and oxygen atoms in total. The molecule has 0 aliphatic heterocycles. The average Bonchev–Trinajstić information content (AvgIpc) is 2.81. The number of hydrogen-bond acceptors (Lipinski definition) is 3. The summed E-state index contributed by atoms with van der Waals surface area (Å²) >= 11 is 5.12. The van der Waals surface area contributed by atoms with Crippen molar-refractivity contribution in [3.05, 3.63) is 42.0 Å². The smallest absolute Gasteiger partial charge is 0.271 e. The molecule has 1 aromatic heterocycles. The first kappa shape index (κ1) is 14.9. The highest BCUT2D eigenvalue weighted by Gasteiger charge is 2.14. The fourth-order valence-electron chi connectivity index (χ4n) is 1.71. The van der Waals surface area contributed by atoms with Gasteiger partial charge in [0.15, 0.2) is 10.8 Å². The predicted octanol–water partition coefficient (Wildman–Crippen LogP) is 1.95. The molecule has 2 aromatic rings. The Labute approximate surface area is 126 Å². The molecule has 110 valence electrons. The third-order valence-electron chi connectivity index (χ3n) is 2.65. The molecule has 0 unspecified atom stereocenters. The minimum absolute atomic E-state index is 0.0974. The van der Waals surface area contributed by atoms with Crippen LogP contribution in [0.4, 0.5) is 15.8 Å². The van der Waals surface area contributed by atoms with Gasteiger partial charge in [-0.25, -0.2) is 4.39 Å². The topological polar surface area (TPSA) is 85.0 Å². The third-order valence-corrected chi connectivity index (χ3v) is 2.85. The molecule has 0 radical (unpaired) electrons. The normalized spacial score (nSPS) is 10.2. The summed E-state index contributed by atoms with van der Waals surface area (Å²) in [5.41, 5.74) is 6.26. The minimum atomic E-state index is -0.654.